The number of carbonyl (C=O) groups excluding carboxylic acids is 1. The topological polar surface area (TPSA) is 35.5 Å². The van der Waals surface area contributed by atoms with E-state index in [4.69, 9.17) is 9.47 Å². The number of methoxy groups -OCH3 is 1. The molecular weight excluding hydrogens is 276 g/mol. The minimum atomic E-state index is -0.383. The van der Waals surface area contributed by atoms with Crippen molar-refractivity contribution in [1.82, 2.24) is 0 Å². The zero-order chi connectivity index (χ0) is 15.4. The molecular formula is C19H16O3. The molecule has 0 radical (unpaired) electrons. The molecule has 0 heterocycles. The van der Waals surface area contributed by atoms with E-state index in [0.29, 0.717) is 11.3 Å². The number of esters is 1. The van der Waals surface area contributed by atoms with E-state index in [1.807, 2.05) is 66.7 Å². The van der Waals surface area contributed by atoms with Gasteiger partial charge in [0.1, 0.15) is 17.9 Å². The molecule has 0 aliphatic rings. The SMILES string of the molecule is COc1cc2ccccc2cc1C(=O)OCc1ccccc1. The maximum atomic E-state index is 12.3. The van der Waals surface area contributed by atoms with E-state index in [2.05, 4.69) is 0 Å². The lowest BCUT2D eigenvalue weighted by atomic mass is 10.1. The summed E-state index contributed by atoms with van der Waals surface area (Å²) in [6.45, 7) is 0.246. The second kappa shape index (κ2) is 6.31. The Kier molecular flexibility index (Phi) is 4.05. The van der Waals surface area contributed by atoms with Crippen LogP contribution < -0.4 is 4.74 Å². The number of ether oxygens (including phenoxy) is 2. The van der Waals surface area contributed by atoms with E-state index in [1.165, 1.54) is 0 Å². The summed E-state index contributed by atoms with van der Waals surface area (Å²) < 4.78 is 10.7. The second-order valence-electron chi connectivity index (χ2n) is 4.96. The number of benzene rings is 3. The van der Waals surface area contributed by atoms with Gasteiger partial charge in [-0.25, -0.2) is 4.79 Å². The van der Waals surface area contributed by atoms with Gasteiger partial charge in [0, 0.05) is 0 Å². The quantitative estimate of drug-likeness (QED) is 0.676. The standard InChI is InChI=1S/C19H16O3/c1-21-18-12-16-10-6-5-9-15(16)11-17(18)19(20)22-13-14-7-3-2-4-8-14/h2-12H,13H2,1H3. The van der Waals surface area contributed by atoms with Gasteiger partial charge in [0.2, 0.25) is 0 Å². The molecule has 3 aromatic rings. The normalized spacial score (nSPS) is 10.4. The van der Waals surface area contributed by atoms with Crippen molar-refractivity contribution in [1.29, 1.82) is 0 Å². The average Bonchev–Trinajstić information content (AvgIpc) is 2.59. The van der Waals surface area contributed by atoms with Gasteiger partial charge in [-0.05, 0) is 28.5 Å². The van der Waals surface area contributed by atoms with Crippen LogP contribution in [0.5, 0.6) is 5.75 Å². The molecule has 0 aliphatic heterocycles. The summed E-state index contributed by atoms with van der Waals surface area (Å²) in [5.74, 6) is 0.142. The smallest absolute Gasteiger partial charge is 0.342 e. The highest BCUT2D eigenvalue weighted by Gasteiger charge is 2.15. The molecule has 0 spiro atoms. The molecule has 110 valence electrons. The van der Waals surface area contributed by atoms with Gasteiger partial charge in [-0.15, -0.1) is 0 Å². The van der Waals surface area contributed by atoms with Gasteiger partial charge in [-0.3, -0.25) is 0 Å². The van der Waals surface area contributed by atoms with Crippen molar-refractivity contribution in [3.63, 3.8) is 0 Å². The zero-order valence-corrected chi connectivity index (χ0v) is 12.3. The summed E-state index contributed by atoms with van der Waals surface area (Å²) in [6.07, 6.45) is 0. The van der Waals surface area contributed by atoms with Crippen molar-refractivity contribution in [2.45, 2.75) is 6.61 Å². The van der Waals surface area contributed by atoms with E-state index in [-0.39, 0.29) is 12.6 Å². The molecule has 3 aromatic carbocycles. The Hall–Kier alpha value is -2.81. The molecule has 3 rings (SSSR count). The number of hydrogen-bond acceptors (Lipinski definition) is 3. The van der Waals surface area contributed by atoms with E-state index in [9.17, 15) is 4.79 Å². The van der Waals surface area contributed by atoms with Crippen LogP contribution in [0, 0.1) is 0 Å². The molecule has 0 saturated heterocycles. The van der Waals surface area contributed by atoms with Gasteiger partial charge in [-0.2, -0.15) is 0 Å². The monoisotopic (exact) mass is 292 g/mol. The molecule has 0 amide bonds. The Morgan fingerprint density at radius 1 is 0.909 bits per heavy atom. The molecule has 0 fully saturated rings. The Morgan fingerprint density at radius 3 is 2.23 bits per heavy atom. The van der Waals surface area contributed by atoms with E-state index >= 15 is 0 Å². The minimum absolute atomic E-state index is 0.246. The lowest BCUT2D eigenvalue weighted by Crippen LogP contribution is -2.07. The summed E-state index contributed by atoms with van der Waals surface area (Å²) in [5.41, 5.74) is 1.40. The Labute approximate surface area is 129 Å². The summed E-state index contributed by atoms with van der Waals surface area (Å²) in [6, 6.07) is 21.1. The predicted octanol–water partition coefficient (Wildman–Crippen LogP) is 4.21. The highest BCUT2D eigenvalue weighted by atomic mass is 16.5. The number of fused-ring (bicyclic) bond motifs is 1. The van der Waals surface area contributed by atoms with Crippen LogP contribution in [0.1, 0.15) is 15.9 Å². The Bertz CT molecular complexity index is 794. The molecule has 0 saturated carbocycles. The van der Waals surface area contributed by atoms with Crippen LogP contribution in [-0.4, -0.2) is 13.1 Å². The Morgan fingerprint density at radius 2 is 1.55 bits per heavy atom. The van der Waals surface area contributed by atoms with E-state index in [1.54, 1.807) is 7.11 Å². The maximum Gasteiger partial charge on any atom is 0.342 e. The number of rotatable bonds is 4. The van der Waals surface area contributed by atoms with Crippen molar-refractivity contribution < 1.29 is 14.3 Å². The van der Waals surface area contributed by atoms with Crippen molar-refractivity contribution in [2.24, 2.45) is 0 Å². The molecule has 0 unspecified atom stereocenters. The first-order valence-corrected chi connectivity index (χ1v) is 7.06. The second-order valence-corrected chi connectivity index (χ2v) is 4.96. The van der Waals surface area contributed by atoms with E-state index in [0.717, 1.165) is 16.3 Å². The van der Waals surface area contributed by atoms with Crippen molar-refractivity contribution >= 4 is 16.7 Å². The molecule has 22 heavy (non-hydrogen) atoms. The van der Waals surface area contributed by atoms with Gasteiger partial charge in [0.25, 0.3) is 0 Å². The molecule has 0 aromatic heterocycles. The first-order chi connectivity index (χ1) is 10.8. The fourth-order valence-electron chi connectivity index (χ4n) is 2.35. The van der Waals surface area contributed by atoms with Gasteiger partial charge in [-0.1, -0.05) is 54.6 Å². The van der Waals surface area contributed by atoms with Crippen LogP contribution in [0.4, 0.5) is 0 Å². The van der Waals surface area contributed by atoms with Crippen LogP contribution in [0.3, 0.4) is 0 Å². The molecule has 0 atom stereocenters. The third-order valence-electron chi connectivity index (χ3n) is 3.50. The lowest BCUT2D eigenvalue weighted by molar-refractivity contribution is 0.0469. The third-order valence-corrected chi connectivity index (χ3v) is 3.50. The molecule has 0 bridgehead atoms. The van der Waals surface area contributed by atoms with Gasteiger partial charge in [0.15, 0.2) is 0 Å². The van der Waals surface area contributed by atoms with Crippen LogP contribution in [0.15, 0.2) is 66.7 Å². The van der Waals surface area contributed by atoms with Crippen molar-refractivity contribution in [3.05, 3.63) is 77.9 Å². The fourth-order valence-corrected chi connectivity index (χ4v) is 2.35. The highest BCUT2D eigenvalue weighted by Crippen LogP contribution is 2.26. The first kappa shape index (κ1) is 14.1. The summed E-state index contributed by atoms with van der Waals surface area (Å²) in [7, 11) is 1.55. The maximum absolute atomic E-state index is 12.3. The van der Waals surface area contributed by atoms with Gasteiger partial charge in [0.05, 0.1) is 7.11 Å². The van der Waals surface area contributed by atoms with Gasteiger partial charge >= 0.3 is 5.97 Å². The first-order valence-electron chi connectivity index (χ1n) is 7.06. The van der Waals surface area contributed by atoms with Crippen LogP contribution in [-0.2, 0) is 11.3 Å². The summed E-state index contributed by atoms with van der Waals surface area (Å²) in [4.78, 5) is 12.3. The molecule has 3 heteroatoms. The van der Waals surface area contributed by atoms with Crippen molar-refractivity contribution in [2.75, 3.05) is 7.11 Å². The lowest BCUT2D eigenvalue weighted by Gasteiger charge is -2.10. The highest BCUT2D eigenvalue weighted by molar-refractivity contribution is 5.98. The molecule has 0 N–H and O–H groups in total. The fraction of sp³-hybridized carbons (Fsp3) is 0.105. The molecule has 3 nitrogen and oxygen atoms in total. The summed E-state index contributed by atoms with van der Waals surface area (Å²) >= 11 is 0. The van der Waals surface area contributed by atoms with E-state index < -0.39 is 0 Å². The third kappa shape index (κ3) is 2.93. The average molecular weight is 292 g/mol. The summed E-state index contributed by atoms with van der Waals surface area (Å²) in [5, 5.41) is 2.01. The minimum Gasteiger partial charge on any atom is -0.496 e. The van der Waals surface area contributed by atoms with Gasteiger partial charge < -0.3 is 9.47 Å². The van der Waals surface area contributed by atoms with Crippen LogP contribution in [0.25, 0.3) is 10.8 Å². The number of hydrogen-bond donors (Lipinski definition) is 0. The molecule has 0 aliphatic carbocycles. The van der Waals surface area contributed by atoms with Crippen molar-refractivity contribution in [3.8, 4) is 5.75 Å². The number of carbonyl (C=O) groups is 1. The predicted molar refractivity (Wildman–Crippen MR) is 86.1 cm³/mol. The van der Waals surface area contributed by atoms with Crippen LogP contribution >= 0.6 is 0 Å². The van der Waals surface area contributed by atoms with Crippen LogP contribution in [0.2, 0.25) is 0 Å². The zero-order valence-electron chi connectivity index (χ0n) is 12.3. The largest absolute Gasteiger partial charge is 0.496 e. The Balaban J connectivity index is 1.86.